The van der Waals surface area contributed by atoms with E-state index in [9.17, 15) is 5.11 Å². The quantitative estimate of drug-likeness (QED) is 0.707. The Hall–Kier alpha value is -1.54. The zero-order valence-corrected chi connectivity index (χ0v) is 12.3. The summed E-state index contributed by atoms with van der Waals surface area (Å²) < 4.78 is 5.55. The van der Waals surface area contributed by atoms with E-state index in [0.717, 1.165) is 55.2 Å². The summed E-state index contributed by atoms with van der Waals surface area (Å²) in [5.74, 6) is 0.440. The van der Waals surface area contributed by atoms with Gasteiger partial charge in [-0.05, 0) is 36.6 Å². The van der Waals surface area contributed by atoms with E-state index in [1.165, 1.54) is 6.42 Å². The highest BCUT2D eigenvalue weighted by Gasteiger charge is 2.05. The summed E-state index contributed by atoms with van der Waals surface area (Å²) in [7, 11) is 0. The number of phenols is 1. The molecule has 0 saturated carbocycles. The van der Waals surface area contributed by atoms with Gasteiger partial charge in [0.1, 0.15) is 5.75 Å². The van der Waals surface area contributed by atoms with Crippen molar-refractivity contribution in [2.75, 3.05) is 13.2 Å². The Kier molecular flexibility index (Phi) is 5.87. The summed E-state index contributed by atoms with van der Waals surface area (Å²) in [6.45, 7) is 3.87. The number of rotatable bonds is 8. The highest BCUT2D eigenvalue weighted by atomic mass is 16.5. The topological polar surface area (TPSA) is 29.5 Å². The Morgan fingerprint density at radius 2 is 1.75 bits per heavy atom. The Bertz CT molecular complexity index is 534. The monoisotopic (exact) mass is 272 g/mol. The molecule has 2 nitrogen and oxygen atoms in total. The van der Waals surface area contributed by atoms with Gasteiger partial charge in [-0.25, -0.2) is 0 Å². The summed E-state index contributed by atoms with van der Waals surface area (Å²) in [5.41, 5.74) is 1.04. The minimum Gasteiger partial charge on any atom is -0.507 e. The molecule has 0 saturated heterocycles. The van der Waals surface area contributed by atoms with E-state index in [1.807, 2.05) is 30.3 Å². The molecule has 2 aromatic rings. The van der Waals surface area contributed by atoms with Crippen LogP contribution in [0.1, 0.15) is 38.2 Å². The van der Waals surface area contributed by atoms with E-state index in [1.54, 1.807) is 0 Å². The lowest BCUT2D eigenvalue weighted by Gasteiger charge is -2.08. The molecule has 0 bridgehead atoms. The maximum Gasteiger partial charge on any atom is 0.126 e. The molecule has 20 heavy (non-hydrogen) atoms. The fourth-order valence-corrected chi connectivity index (χ4v) is 2.37. The molecule has 0 aromatic heterocycles. The van der Waals surface area contributed by atoms with Gasteiger partial charge in [-0.2, -0.15) is 0 Å². The van der Waals surface area contributed by atoms with Crippen LogP contribution < -0.4 is 0 Å². The molecule has 2 heteroatoms. The molecule has 0 aliphatic heterocycles. The summed E-state index contributed by atoms with van der Waals surface area (Å²) in [6.07, 6.45) is 5.35. The number of hydrogen-bond donors (Lipinski definition) is 1. The SMILES string of the molecule is CCCCOCCCCc1ccc2ccccc2c1O. The van der Waals surface area contributed by atoms with Crippen LogP contribution in [-0.2, 0) is 11.2 Å². The number of unbranched alkanes of at least 4 members (excludes halogenated alkanes) is 2. The van der Waals surface area contributed by atoms with Crippen molar-refractivity contribution < 1.29 is 9.84 Å². The van der Waals surface area contributed by atoms with Gasteiger partial charge in [-0.15, -0.1) is 0 Å². The number of phenolic OH excluding ortho intramolecular Hbond substituents is 1. The molecule has 0 spiro atoms. The second kappa shape index (κ2) is 7.91. The van der Waals surface area contributed by atoms with Crippen LogP contribution in [0.5, 0.6) is 5.75 Å². The third kappa shape index (κ3) is 3.97. The van der Waals surface area contributed by atoms with E-state index < -0.39 is 0 Å². The third-order valence-electron chi connectivity index (χ3n) is 3.61. The number of benzene rings is 2. The minimum atomic E-state index is 0.440. The number of ether oxygens (including phenoxy) is 1. The Balaban J connectivity index is 1.83. The second-order valence-corrected chi connectivity index (χ2v) is 5.22. The first-order valence-corrected chi connectivity index (χ1v) is 7.60. The fraction of sp³-hybridized carbons (Fsp3) is 0.444. The predicted molar refractivity (Wildman–Crippen MR) is 84.3 cm³/mol. The lowest BCUT2D eigenvalue weighted by atomic mass is 10.0. The van der Waals surface area contributed by atoms with Gasteiger partial charge in [0, 0.05) is 18.6 Å². The number of aromatic hydroxyl groups is 1. The van der Waals surface area contributed by atoms with E-state index in [0.29, 0.717) is 5.75 Å². The van der Waals surface area contributed by atoms with Gasteiger partial charge < -0.3 is 9.84 Å². The Labute approximate surface area is 121 Å². The van der Waals surface area contributed by atoms with Crippen molar-refractivity contribution in [1.82, 2.24) is 0 Å². The van der Waals surface area contributed by atoms with Gasteiger partial charge in [0.25, 0.3) is 0 Å². The van der Waals surface area contributed by atoms with Crippen LogP contribution >= 0.6 is 0 Å². The molecule has 0 atom stereocenters. The van der Waals surface area contributed by atoms with E-state index in [4.69, 9.17) is 4.74 Å². The molecule has 2 rings (SSSR count). The van der Waals surface area contributed by atoms with Crippen molar-refractivity contribution >= 4 is 10.8 Å². The van der Waals surface area contributed by atoms with Crippen LogP contribution in [-0.4, -0.2) is 18.3 Å². The van der Waals surface area contributed by atoms with Crippen LogP contribution in [0.15, 0.2) is 36.4 Å². The molecule has 0 unspecified atom stereocenters. The molecular weight excluding hydrogens is 248 g/mol. The maximum atomic E-state index is 10.3. The molecule has 0 radical (unpaired) electrons. The van der Waals surface area contributed by atoms with Crippen molar-refractivity contribution in [2.45, 2.75) is 39.0 Å². The van der Waals surface area contributed by atoms with Crippen LogP contribution in [0.3, 0.4) is 0 Å². The van der Waals surface area contributed by atoms with Crippen LogP contribution in [0, 0.1) is 0 Å². The van der Waals surface area contributed by atoms with Gasteiger partial charge in [0.2, 0.25) is 0 Å². The summed E-state index contributed by atoms with van der Waals surface area (Å²) >= 11 is 0. The van der Waals surface area contributed by atoms with Crippen molar-refractivity contribution in [2.24, 2.45) is 0 Å². The first kappa shape index (κ1) is 14.9. The van der Waals surface area contributed by atoms with Crippen molar-refractivity contribution in [3.63, 3.8) is 0 Å². The molecular formula is C18H24O2. The zero-order chi connectivity index (χ0) is 14.2. The molecule has 0 heterocycles. The second-order valence-electron chi connectivity index (χ2n) is 5.22. The molecule has 0 fully saturated rings. The van der Waals surface area contributed by atoms with Crippen LogP contribution in [0.4, 0.5) is 0 Å². The first-order valence-electron chi connectivity index (χ1n) is 7.60. The van der Waals surface area contributed by atoms with Crippen LogP contribution in [0.25, 0.3) is 10.8 Å². The Morgan fingerprint density at radius 1 is 0.950 bits per heavy atom. The normalized spacial score (nSPS) is 11.1. The number of fused-ring (bicyclic) bond motifs is 1. The maximum absolute atomic E-state index is 10.3. The van der Waals surface area contributed by atoms with Gasteiger partial charge >= 0.3 is 0 Å². The molecule has 2 aromatic carbocycles. The van der Waals surface area contributed by atoms with Gasteiger partial charge in [0.15, 0.2) is 0 Å². The van der Waals surface area contributed by atoms with E-state index in [-0.39, 0.29) is 0 Å². The molecule has 0 amide bonds. The van der Waals surface area contributed by atoms with Gasteiger partial charge in [-0.3, -0.25) is 0 Å². The lowest BCUT2D eigenvalue weighted by Crippen LogP contribution is -1.97. The van der Waals surface area contributed by atoms with Crippen molar-refractivity contribution in [3.8, 4) is 5.75 Å². The van der Waals surface area contributed by atoms with Gasteiger partial charge in [0.05, 0.1) is 0 Å². The average molecular weight is 272 g/mol. The Morgan fingerprint density at radius 3 is 2.60 bits per heavy atom. The first-order chi connectivity index (χ1) is 9.83. The largest absolute Gasteiger partial charge is 0.507 e. The smallest absolute Gasteiger partial charge is 0.126 e. The molecule has 0 aliphatic carbocycles. The van der Waals surface area contributed by atoms with Gasteiger partial charge in [-0.1, -0.05) is 49.7 Å². The number of aryl methyl sites for hydroxylation is 1. The van der Waals surface area contributed by atoms with E-state index >= 15 is 0 Å². The molecule has 108 valence electrons. The fourth-order valence-electron chi connectivity index (χ4n) is 2.37. The summed E-state index contributed by atoms with van der Waals surface area (Å²) in [6, 6.07) is 12.1. The lowest BCUT2D eigenvalue weighted by molar-refractivity contribution is 0.127. The number of hydrogen-bond acceptors (Lipinski definition) is 2. The summed E-state index contributed by atoms with van der Waals surface area (Å²) in [5, 5.41) is 12.3. The van der Waals surface area contributed by atoms with Crippen molar-refractivity contribution in [3.05, 3.63) is 42.0 Å². The molecule has 1 N–H and O–H groups in total. The van der Waals surface area contributed by atoms with E-state index in [2.05, 4.69) is 13.0 Å². The predicted octanol–water partition coefficient (Wildman–Crippen LogP) is 4.68. The zero-order valence-electron chi connectivity index (χ0n) is 12.3. The highest BCUT2D eigenvalue weighted by molar-refractivity contribution is 5.89. The highest BCUT2D eigenvalue weighted by Crippen LogP contribution is 2.29. The third-order valence-corrected chi connectivity index (χ3v) is 3.61. The average Bonchev–Trinajstić information content (AvgIpc) is 2.49. The summed E-state index contributed by atoms with van der Waals surface area (Å²) in [4.78, 5) is 0. The minimum absolute atomic E-state index is 0.440. The molecule has 0 aliphatic rings. The van der Waals surface area contributed by atoms with Crippen molar-refractivity contribution in [1.29, 1.82) is 0 Å². The van der Waals surface area contributed by atoms with Crippen LogP contribution in [0.2, 0.25) is 0 Å². The standard InChI is InChI=1S/C18H24O2/c1-2-3-13-20-14-7-6-9-16-12-11-15-8-4-5-10-17(15)18(16)19/h4-5,8,10-12,19H,2-3,6-7,9,13-14H2,1H3.